The summed E-state index contributed by atoms with van der Waals surface area (Å²) in [5.41, 5.74) is 0.0581. The van der Waals surface area contributed by atoms with E-state index < -0.39 is 0 Å². The molecule has 0 saturated carbocycles. The van der Waals surface area contributed by atoms with Crippen molar-refractivity contribution in [2.75, 3.05) is 32.9 Å². The predicted molar refractivity (Wildman–Crippen MR) is 57.6 cm³/mol. The number of morpholine rings is 1. The number of hydrogen-bond donors (Lipinski definition) is 0. The Bertz CT molecular complexity index is 167. The van der Waals surface area contributed by atoms with Gasteiger partial charge >= 0.3 is 0 Å². The van der Waals surface area contributed by atoms with Gasteiger partial charge in [0.25, 0.3) is 0 Å². The Labute approximate surface area is 87.4 Å². The normalized spacial score (nSPS) is 25.5. The molecular formula is C11H23NO2. The van der Waals surface area contributed by atoms with Crippen LogP contribution in [0.5, 0.6) is 0 Å². The van der Waals surface area contributed by atoms with E-state index in [9.17, 15) is 0 Å². The van der Waals surface area contributed by atoms with Gasteiger partial charge in [-0.25, -0.2) is 0 Å². The molecule has 3 nitrogen and oxygen atoms in total. The van der Waals surface area contributed by atoms with Crippen LogP contribution in [0.25, 0.3) is 0 Å². The van der Waals surface area contributed by atoms with Crippen LogP contribution in [0.4, 0.5) is 0 Å². The molecule has 0 atom stereocenters. The summed E-state index contributed by atoms with van der Waals surface area (Å²) in [6.45, 7) is 13.0. The first kappa shape index (κ1) is 12.0. The van der Waals surface area contributed by atoms with Crippen LogP contribution in [0.2, 0.25) is 0 Å². The van der Waals surface area contributed by atoms with Crippen molar-refractivity contribution in [1.82, 2.24) is 4.90 Å². The van der Waals surface area contributed by atoms with Crippen molar-refractivity contribution in [1.29, 1.82) is 0 Å². The van der Waals surface area contributed by atoms with Crippen LogP contribution in [-0.2, 0) is 9.47 Å². The quantitative estimate of drug-likeness (QED) is 0.642. The van der Waals surface area contributed by atoms with Gasteiger partial charge in [-0.1, -0.05) is 13.8 Å². The third kappa shape index (κ3) is 2.47. The summed E-state index contributed by atoms with van der Waals surface area (Å²) in [5, 5.41) is 0. The second kappa shape index (κ2) is 5.10. The van der Waals surface area contributed by atoms with Gasteiger partial charge in [0.2, 0.25) is 0 Å². The van der Waals surface area contributed by atoms with E-state index in [1.54, 1.807) is 0 Å². The number of ether oxygens (including phenoxy) is 2. The maximum absolute atomic E-state index is 5.72. The lowest BCUT2D eigenvalue weighted by Crippen LogP contribution is -2.63. The highest BCUT2D eigenvalue weighted by molar-refractivity contribution is 4.94. The highest BCUT2D eigenvalue weighted by Gasteiger charge is 2.43. The first-order valence-electron chi connectivity index (χ1n) is 5.68. The standard InChI is InChI=1S/C9H17NO2.C2H6/c1-8(2)10-3-4-12-9(5-10)6-11-7-9;1-2/h8H,3-7H2,1-2H3;1-2H3. The maximum atomic E-state index is 5.72. The molecule has 84 valence electrons. The van der Waals surface area contributed by atoms with Crippen molar-refractivity contribution in [3.05, 3.63) is 0 Å². The van der Waals surface area contributed by atoms with Gasteiger partial charge in [0.1, 0.15) is 5.60 Å². The van der Waals surface area contributed by atoms with Gasteiger partial charge in [-0.05, 0) is 13.8 Å². The van der Waals surface area contributed by atoms with Crippen LogP contribution in [0.15, 0.2) is 0 Å². The Kier molecular flexibility index (Phi) is 4.35. The molecule has 2 aliphatic heterocycles. The Hall–Kier alpha value is -0.120. The van der Waals surface area contributed by atoms with Crippen LogP contribution in [0.1, 0.15) is 27.7 Å². The summed E-state index contributed by atoms with van der Waals surface area (Å²) < 4.78 is 10.9. The van der Waals surface area contributed by atoms with E-state index in [1.165, 1.54) is 0 Å². The molecule has 0 radical (unpaired) electrons. The Balaban J connectivity index is 0.000000461. The minimum absolute atomic E-state index is 0.0581. The smallest absolute Gasteiger partial charge is 0.127 e. The molecule has 0 unspecified atom stereocenters. The zero-order valence-corrected chi connectivity index (χ0v) is 9.88. The van der Waals surface area contributed by atoms with E-state index in [4.69, 9.17) is 9.47 Å². The molecule has 3 heteroatoms. The lowest BCUT2D eigenvalue weighted by atomic mass is 9.99. The molecule has 0 aromatic heterocycles. The molecule has 1 spiro atoms. The summed E-state index contributed by atoms with van der Waals surface area (Å²) in [4.78, 5) is 2.46. The second-order valence-electron chi connectivity index (χ2n) is 4.09. The average molecular weight is 201 g/mol. The van der Waals surface area contributed by atoms with E-state index >= 15 is 0 Å². The third-order valence-corrected chi connectivity index (χ3v) is 2.74. The molecule has 2 saturated heterocycles. The minimum Gasteiger partial charge on any atom is -0.375 e. The van der Waals surface area contributed by atoms with Crippen molar-refractivity contribution in [3.63, 3.8) is 0 Å². The van der Waals surface area contributed by atoms with E-state index in [-0.39, 0.29) is 5.60 Å². The number of hydrogen-bond acceptors (Lipinski definition) is 3. The highest BCUT2D eigenvalue weighted by atomic mass is 16.6. The zero-order valence-electron chi connectivity index (χ0n) is 9.88. The first-order chi connectivity index (χ1) is 6.72. The lowest BCUT2D eigenvalue weighted by molar-refractivity contribution is -0.240. The van der Waals surface area contributed by atoms with Gasteiger partial charge in [-0.3, -0.25) is 4.90 Å². The molecule has 0 N–H and O–H groups in total. The van der Waals surface area contributed by atoms with Gasteiger partial charge in [0.05, 0.1) is 19.8 Å². The number of nitrogens with zero attached hydrogens (tertiary/aromatic N) is 1. The summed E-state index contributed by atoms with van der Waals surface area (Å²) in [5.74, 6) is 0. The van der Waals surface area contributed by atoms with Gasteiger partial charge in [0, 0.05) is 19.1 Å². The fourth-order valence-electron chi connectivity index (χ4n) is 1.82. The minimum atomic E-state index is 0.0581. The van der Waals surface area contributed by atoms with E-state index in [0.717, 1.165) is 32.9 Å². The molecule has 14 heavy (non-hydrogen) atoms. The fourth-order valence-corrected chi connectivity index (χ4v) is 1.82. The second-order valence-corrected chi connectivity index (χ2v) is 4.09. The molecule has 0 aromatic rings. The average Bonchev–Trinajstić information content (AvgIpc) is 2.19. The van der Waals surface area contributed by atoms with E-state index in [2.05, 4.69) is 18.7 Å². The summed E-state index contributed by atoms with van der Waals surface area (Å²) in [6.07, 6.45) is 0. The first-order valence-corrected chi connectivity index (χ1v) is 5.68. The Morgan fingerprint density at radius 2 is 1.86 bits per heavy atom. The number of rotatable bonds is 1. The largest absolute Gasteiger partial charge is 0.375 e. The molecule has 2 aliphatic rings. The van der Waals surface area contributed by atoms with Crippen molar-refractivity contribution in [3.8, 4) is 0 Å². The van der Waals surface area contributed by atoms with Crippen molar-refractivity contribution < 1.29 is 9.47 Å². The topological polar surface area (TPSA) is 21.7 Å². The van der Waals surface area contributed by atoms with E-state index in [1.807, 2.05) is 13.8 Å². The van der Waals surface area contributed by atoms with Crippen LogP contribution in [0, 0.1) is 0 Å². The molecule has 2 heterocycles. The summed E-state index contributed by atoms with van der Waals surface area (Å²) in [7, 11) is 0. The van der Waals surface area contributed by atoms with Crippen LogP contribution < -0.4 is 0 Å². The molecule has 0 bridgehead atoms. The molecule has 0 amide bonds. The SMILES string of the molecule is CC.CC(C)N1CCOC2(COC2)C1. The molecule has 0 aliphatic carbocycles. The molecular weight excluding hydrogens is 178 g/mol. The van der Waals surface area contributed by atoms with Crippen LogP contribution >= 0.6 is 0 Å². The van der Waals surface area contributed by atoms with Crippen molar-refractivity contribution >= 4 is 0 Å². The highest BCUT2D eigenvalue weighted by Crippen LogP contribution is 2.26. The molecule has 0 aromatic carbocycles. The van der Waals surface area contributed by atoms with E-state index in [0.29, 0.717) is 6.04 Å². The predicted octanol–water partition coefficient (Wildman–Crippen LogP) is 1.52. The lowest BCUT2D eigenvalue weighted by Gasteiger charge is -2.48. The summed E-state index contributed by atoms with van der Waals surface area (Å²) in [6, 6.07) is 0.631. The van der Waals surface area contributed by atoms with Crippen LogP contribution in [0.3, 0.4) is 0 Å². The third-order valence-electron chi connectivity index (χ3n) is 2.74. The van der Waals surface area contributed by atoms with Gasteiger partial charge in [0.15, 0.2) is 0 Å². The van der Waals surface area contributed by atoms with Gasteiger partial charge < -0.3 is 9.47 Å². The monoisotopic (exact) mass is 201 g/mol. The molecule has 2 fully saturated rings. The Morgan fingerprint density at radius 1 is 1.21 bits per heavy atom. The molecule has 2 rings (SSSR count). The zero-order chi connectivity index (χ0) is 10.6. The van der Waals surface area contributed by atoms with Gasteiger partial charge in [-0.15, -0.1) is 0 Å². The van der Waals surface area contributed by atoms with Crippen LogP contribution in [-0.4, -0.2) is 49.5 Å². The fraction of sp³-hybridized carbons (Fsp3) is 1.00. The van der Waals surface area contributed by atoms with Crippen molar-refractivity contribution in [2.45, 2.75) is 39.3 Å². The summed E-state index contributed by atoms with van der Waals surface area (Å²) >= 11 is 0. The Morgan fingerprint density at radius 3 is 2.29 bits per heavy atom. The van der Waals surface area contributed by atoms with Crippen molar-refractivity contribution in [2.24, 2.45) is 0 Å². The van der Waals surface area contributed by atoms with Gasteiger partial charge in [-0.2, -0.15) is 0 Å². The maximum Gasteiger partial charge on any atom is 0.127 e.